The lowest BCUT2D eigenvalue weighted by atomic mass is 9.89. The quantitative estimate of drug-likeness (QED) is 0.358. The van der Waals surface area contributed by atoms with E-state index in [0.29, 0.717) is 17.5 Å². The van der Waals surface area contributed by atoms with Crippen molar-refractivity contribution >= 4 is 23.2 Å². The smallest absolute Gasteiger partial charge is 0.258 e. The van der Waals surface area contributed by atoms with Crippen LogP contribution in [0.25, 0.3) is 0 Å². The number of para-hydroxylation sites is 2. The molecule has 4 nitrogen and oxygen atoms in total. The molecule has 0 unspecified atom stereocenters. The zero-order valence-corrected chi connectivity index (χ0v) is 19.0. The number of hydrogen-bond acceptors (Lipinski definition) is 2. The van der Waals surface area contributed by atoms with Crippen LogP contribution in [0.5, 0.6) is 0 Å². The van der Waals surface area contributed by atoms with E-state index in [1.54, 1.807) is 0 Å². The molecule has 0 saturated carbocycles. The molecule has 34 heavy (non-hydrogen) atoms. The summed E-state index contributed by atoms with van der Waals surface area (Å²) < 4.78 is 0. The van der Waals surface area contributed by atoms with Crippen LogP contribution in [0.2, 0.25) is 0 Å². The van der Waals surface area contributed by atoms with Crippen LogP contribution < -0.4 is 9.80 Å². The van der Waals surface area contributed by atoms with E-state index in [0.717, 1.165) is 16.9 Å². The van der Waals surface area contributed by atoms with Gasteiger partial charge in [0.05, 0.1) is 6.04 Å². The van der Waals surface area contributed by atoms with Crippen molar-refractivity contribution in [2.45, 2.75) is 25.4 Å². The zero-order chi connectivity index (χ0) is 23.5. The third-order valence-corrected chi connectivity index (χ3v) is 6.39. The van der Waals surface area contributed by atoms with Crippen molar-refractivity contribution in [2.75, 3.05) is 9.80 Å². The van der Waals surface area contributed by atoms with E-state index in [9.17, 15) is 9.59 Å². The Hall–Kier alpha value is -4.18. The lowest BCUT2D eigenvalue weighted by Gasteiger charge is -2.43. The highest BCUT2D eigenvalue weighted by molar-refractivity contribution is 6.09. The minimum Gasteiger partial charge on any atom is -0.305 e. The van der Waals surface area contributed by atoms with Crippen molar-refractivity contribution in [3.8, 4) is 0 Å². The molecule has 4 aromatic carbocycles. The molecule has 0 aromatic heterocycles. The summed E-state index contributed by atoms with van der Waals surface area (Å²) in [5.41, 5.74) is 3.95. The Balaban J connectivity index is 1.61. The number of rotatable bonds is 4. The van der Waals surface area contributed by atoms with Crippen molar-refractivity contribution in [3.05, 3.63) is 132 Å². The molecule has 0 spiro atoms. The molecule has 0 aliphatic carbocycles. The Morgan fingerprint density at radius 3 is 1.88 bits per heavy atom. The molecule has 0 saturated heterocycles. The summed E-state index contributed by atoms with van der Waals surface area (Å²) in [5, 5.41) is 0. The average molecular weight is 447 g/mol. The van der Waals surface area contributed by atoms with Gasteiger partial charge in [0.15, 0.2) is 0 Å². The molecule has 1 aliphatic heterocycles. The van der Waals surface area contributed by atoms with E-state index in [4.69, 9.17) is 0 Å². The fourth-order valence-electron chi connectivity index (χ4n) is 4.80. The van der Waals surface area contributed by atoms with Crippen LogP contribution in [0.1, 0.15) is 45.7 Å². The third-order valence-electron chi connectivity index (χ3n) is 6.39. The van der Waals surface area contributed by atoms with Gasteiger partial charge >= 0.3 is 0 Å². The zero-order valence-electron chi connectivity index (χ0n) is 19.0. The standard InChI is InChI=1S/C30H26N2O2/c1-22-21-28(32(25-17-9-4-10-18-25)30(34)24-15-7-3-8-16-24)26-19-11-12-20-27(26)31(22)29(33)23-13-5-2-6-14-23/h2-20,22,28H,21H2,1H3/t22-,28-/m1/s1. The van der Waals surface area contributed by atoms with Crippen LogP contribution >= 0.6 is 0 Å². The van der Waals surface area contributed by atoms with Gasteiger partial charge in [0.25, 0.3) is 11.8 Å². The maximum atomic E-state index is 13.8. The van der Waals surface area contributed by atoms with Crippen molar-refractivity contribution in [3.63, 3.8) is 0 Å². The van der Waals surface area contributed by atoms with Crippen molar-refractivity contribution in [1.82, 2.24) is 0 Å². The van der Waals surface area contributed by atoms with Gasteiger partial charge in [0, 0.05) is 28.5 Å². The van der Waals surface area contributed by atoms with Gasteiger partial charge < -0.3 is 9.80 Å². The van der Waals surface area contributed by atoms with Crippen molar-refractivity contribution in [1.29, 1.82) is 0 Å². The predicted molar refractivity (Wildman–Crippen MR) is 136 cm³/mol. The second-order valence-electron chi connectivity index (χ2n) is 8.58. The Bertz CT molecular complexity index is 1290. The van der Waals surface area contributed by atoms with Crippen LogP contribution in [0, 0.1) is 0 Å². The van der Waals surface area contributed by atoms with Crippen LogP contribution in [-0.2, 0) is 0 Å². The summed E-state index contributed by atoms with van der Waals surface area (Å²) >= 11 is 0. The van der Waals surface area contributed by atoms with Gasteiger partial charge in [0.2, 0.25) is 0 Å². The third kappa shape index (κ3) is 3.99. The van der Waals surface area contributed by atoms with Crippen molar-refractivity contribution < 1.29 is 9.59 Å². The SMILES string of the molecule is C[C@@H]1C[C@@H](N(C(=O)c2ccccc2)c2ccccc2)c2ccccc2N1C(=O)c1ccccc1. The minimum atomic E-state index is -0.207. The molecule has 2 amide bonds. The lowest BCUT2D eigenvalue weighted by molar-refractivity contribution is 0.0965. The minimum absolute atomic E-state index is 0.0281. The molecule has 4 heteroatoms. The van der Waals surface area contributed by atoms with Gasteiger partial charge in [-0.3, -0.25) is 9.59 Å². The van der Waals surface area contributed by atoms with Crippen LogP contribution in [0.4, 0.5) is 11.4 Å². The monoisotopic (exact) mass is 446 g/mol. The Labute approximate surface area is 200 Å². The molecular weight excluding hydrogens is 420 g/mol. The number of nitrogens with zero attached hydrogens (tertiary/aromatic N) is 2. The molecule has 0 radical (unpaired) electrons. The number of benzene rings is 4. The van der Waals surface area contributed by atoms with E-state index in [-0.39, 0.29) is 23.9 Å². The van der Waals surface area contributed by atoms with E-state index in [2.05, 4.69) is 6.92 Å². The summed E-state index contributed by atoms with van der Waals surface area (Å²) in [6.45, 7) is 2.06. The molecule has 2 atom stereocenters. The van der Waals surface area contributed by atoms with Crippen LogP contribution in [0.15, 0.2) is 115 Å². The first kappa shape index (κ1) is 21.7. The first-order valence-electron chi connectivity index (χ1n) is 11.6. The maximum Gasteiger partial charge on any atom is 0.258 e. The Kier molecular flexibility index (Phi) is 5.96. The number of carbonyl (C=O) groups is 2. The van der Waals surface area contributed by atoms with Gasteiger partial charge in [-0.1, -0.05) is 72.8 Å². The molecule has 1 aliphatic rings. The first-order valence-corrected chi connectivity index (χ1v) is 11.6. The fourth-order valence-corrected chi connectivity index (χ4v) is 4.80. The molecule has 4 aromatic rings. The van der Waals surface area contributed by atoms with Gasteiger partial charge in [0.1, 0.15) is 0 Å². The van der Waals surface area contributed by atoms with E-state index < -0.39 is 0 Å². The number of anilines is 2. The number of fused-ring (bicyclic) bond motifs is 1. The summed E-state index contributed by atoms with van der Waals surface area (Å²) in [6, 6.07) is 36.2. The lowest BCUT2D eigenvalue weighted by Crippen LogP contribution is -2.47. The molecule has 1 heterocycles. The van der Waals surface area contributed by atoms with Crippen LogP contribution in [-0.4, -0.2) is 17.9 Å². The number of amides is 2. The maximum absolute atomic E-state index is 13.8. The average Bonchev–Trinajstić information content (AvgIpc) is 2.90. The summed E-state index contributed by atoms with van der Waals surface area (Å²) in [4.78, 5) is 31.1. The van der Waals surface area contributed by atoms with Gasteiger partial charge in [-0.05, 0) is 61.4 Å². The molecular formula is C30H26N2O2. The molecule has 0 bridgehead atoms. The fraction of sp³-hybridized carbons (Fsp3) is 0.133. The highest BCUT2D eigenvalue weighted by atomic mass is 16.2. The molecule has 0 N–H and O–H groups in total. The second kappa shape index (κ2) is 9.36. The summed E-state index contributed by atoms with van der Waals surface area (Å²) in [7, 11) is 0. The number of carbonyl (C=O) groups excluding carboxylic acids is 2. The number of hydrogen-bond donors (Lipinski definition) is 0. The highest BCUT2D eigenvalue weighted by Gasteiger charge is 2.39. The van der Waals surface area contributed by atoms with E-state index >= 15 is 0 Å². The van der Waals surface area contributed by atoms with Crippen molar-refractivity contribution in [2.24, 2.45) is 0 Å². The molecule has 168 valence electrons. The largest absolute Gasteiger partial charge is 0.305 e. The van der Waals surface area contributed by atoms with Gasteiger partial charge in [-0.25, -0.2) is 0 Å². The topological polar surface area (TPSA) is 40.6 Å². The molecule has 0 fully saturated rings. The normalized spacial score (nSPS) is 17.0. The summed E-state index contributed by atoms with van der Waals surface area (Å²) in [6.07, 6.45) is 0.628. The van der Waals surface area contributed by atoms with E-state index in [1.165, 1.54) is 0 Å². The molecule has 5 rings (SSSR count). The van der Waals surface area contributed by atoms with Crippen LogP contribution in [0.3, 0.4) is 0 Å². The first-order chi connectivity index (χ1) is 16.6. The predicted octanol–water partition coefficient (Wildman–Crippen LogP) is 6.51. The summed E-state index contributed by atoms with van der Waals surface area (Å²) in [5.74, 6) is -0.0821. The van der Waals surface area contributed by atoms with Gasteiger partial charge in [-0.15, -0.1) is 0 Å². The van der Waals surface area contributed by atoms with Gasteiger partial charge in [-0.2, -0.15) is 0 Å². The Morgan fingerprint density at radius 1 is 0.706 bits per heavy atom. The van der Waals surface area contributed by atoms with E-state index in [1.807, 2.05) is 125 Å². The second-order valence-corrected chi connectivity index (χ2v) is 8.58. The highest BCUT2D eigenvalue weighted by Crippen LogP contribution is 2.43. The Morgan fingerprint density at radius 2 is 1.24 bits per heavy atom.